The van der Waals surface area contributed by atoms with Crippen LogP contribution in [0.3, 0.4) is 0 Å². The lowest BCUT2D eigenvalue weighted by atomic mass is 10.2. The summed E-state index contributed by atoms with van der Waals surface area (Å²) in [5.41, 5.74) is 0.403. The average molecular weight is 339 g/mol. The molecule has 0 saturated heterocycles. The molecule has 0 atom stereocenters. The van der Waals surface area contributed by atoms with Crippen LogP contribution in [0.25, 0.3) is 0 Å². The number of ether oxygens (including phenoxy) is 2. The summed E-state index contributed by atoms with van der Waals surface area (Å²) in [6.07, 6.45) is -4.23. The summed E-state index contributed by atoms with van der Waals surface area (Å²) in [4.78, 5) is 22.6. The SMILES string of the molecule is O=Cc1ccccc1OCC(=O)Nc1cccc(OC(F)(F)F)c1. The molecule has 1 amide bonds. The molecule has 0 aliphatic rings. The lowest BCUT2D eigenvalue weighted by Crippen LogP contribution is -2.21. The van der Waals surface area contributed by atoms with Gasteiger partial charge in [-0.15, -0.1) is 13.2 Å². The maximum Gasteiger partial charge on any atom is 0.573 e. The van der Waals surface area contributed by atoms with Crippen LogP contribution in [0.4, 0.5) is 18.9 Å². The van der Waals surface area contributed by atoms with Crippen LogP contribution in [0.1, 0.15) is 10.4 Å². The lowest BCUT2D eigenvalue weighted by Gasteiger charge is -2.11. The summed E-state index contributed by atoms with van der Waals surface area (Å²) in [5, 5.41) is 2.38. The Labute approximate surface area is 135 Å². The Balaban J connectivity index is 1.95. The van der Waals surface area contributed by atoms with E-state index in [9.17, 15) is 22.8 Å². The highest BCUT2D eigenvalue weighted by Crippen LogP contribution is 2.25. The third-order valence-corrected chi connectivity index (χ3v) is 2.76. The zero-order valence-corrected chi connectivity index (χ0v) is 12.2. The van der Waals surface area contributed by atoms with Crippen molar-refractivity contribution in [2.75, 3.05) is 11.9 Å². The lowest BCUT2D eigenvalue weighted by molar-refractivity contribution is -0.274. The highest BCUT2D eigenvalue weighted by Gasteiger charge is 2.31. The van der Waals surface area contributed by atoms with Crippen LogP contribution in [0, 0.1) is 0 Å². The first-order chi connectivity index (χ1) is 11.4. The predicted molar refractivity (Wildman–Crippen MR) is 79.1 cm³/mol. The molecular formula is C16H12F3NO4. The fourth-order valence-corrected chi connectivity index (χ4v) is 1.82. The number of aldehydes is 1. The van der Waals surface area contributed by atoms with E-state index in [-0.39, 0.29) is 17.0 Å². The first-order valence-corrected chi connectivity index (χ1v) is 6.70. The Hall–Kier alpha value is -3.03. The van der Waals surface area contributed by atoms with E-state index in [4.69, 9.17) is 4.74 Å². The van der Waals surface area contributed by atoms with Crippen LogP contribution in [0.15, 0.2) is 48.5 Å². The molecule has 0 aliphatic carbocycles. The Morgan fingerprint density at radius 1 is 1.12 bits per heavy atom. The van der Waals surface area contributed by atoms with Gasteiger partial charge < -0.3 is 14.8 Å². The smallest absolute Gasteiger partial charge is 0.483 e. The van der Waals surface area contributed by atoms with Gasteiger partial charge in [0.15, 0.2) is 12.9 Å². The van der Waals surface area contributed by atoms with Crippen molar-refractivity contribution in [1.82, 2.24) is 0 Å². The summed E-state index contributed by atoms with van der Waals surface area (Å²) < 4.78 is 45.5. The number of hydrogen-bond acceptors (Lipinski definition) is 4. The number of benzene rings is 2. The van der Waals surface area contributed by atoms with Gasteiger partial charge in [-0.3, -0.25) is 9.59 Å². The van der Waals surface area contributed by atoms with Gasteiger partial charge in [0, 0.05) is 11.8 Å². The fourth-order valence-electron chi connectivity index (χ4n) is 1.82. The van der Waals surface area contributed by atoms with Crippen molar-refractivity contribution in [2.24, 2.45) is 0 Å². The highest BCUT2D eigenvalue weighted by molar-refractivity contribution is 5.92. The van der Waals surface area contributed by atoms with E-state index in [1.165, 1.54) is 24.3 Å². The summed E-state index contributed by atoms with van der Waals surface area (Å²) >= 11 is 0. The molecule has 0 spiro atoms. The number of alkyl halides is 3. The molecule has 2 aromatic rings. The van der Waals surface area contributed by atoms with Crippen molar-refractivity contribution in [3.8, 4) is 11.5 Å². The number of rotatable bonds is 6. The monoisotopic (exact) mass is 339 g/mol. The molecule has 24 heavy (non-hydrogen) atoms. The van der Waals surface area contributed by atoms with E-state index in [1.807, 2.05) is 0 Å². The highest BCUT2D eigenvalue weighted by atomic mass is 19.4. The molecule has 2 rings (SSSR count). The minimum atomic E-state index is -4.82. The van der Waals surface area contributed by atoms with Gasteiger partial charge in [-0.25, -0.2) is 0 Å². The van der Waals surface area contributed by atoms with Gasteiger partial charge in [-0.2, -0.15) is 0 Å². The van der Waals surface area contributed by atoms with E-state index < -0.39 is 24.6 Å². The minimum Gasteiger partial charge on any atom is -0.483 e. The van der Waals surface area contributed by atoms with Crippen molar-refractivity contribution in [3.05, 3.63) is 54.1 Å². The number of anilines is 1. The van der Waals surface area contributed by atoms with Crippen LogP contribution < -0.4 is 14.8 Å². The standard InChI is InChI=1S/C16H12F3NO4/c17-16(18,19)24-13-6-3-5-12(8-13)20-15(22)10-23-14-7-2-1-4-11(14)9-21/h1-9H,10H2,(H,20,22). The van der Waals surface area contributed by atoms with Crippen molar-refractivity contribution in [2.45, 2.75) is 6.36 Å². The Morgan fingerprint density at radius 3 is 2.58 bits per heavy atom. The van der Waals surface area contributed by atoms with E-state index in [1.54, 1.807) is 12.1 Å². The van der Waals surface area contributed by atoms with Crippen LogP contribution in [-0.4, -0.2) is 25.2 Å². The van der Waals surface area contributed by atoms with Gasteiger partial charge >= 0.3 is 6.36 Å². The van der Waals surface area contributed by atoms with E-state index in [2.05, 4.69) is 10.1 Å². The number of carbonyl (C=O) groups is 2. The Morgan fingerprint density at radius 2 is 1.88 bits per heavy atom. The topological polar surface area (TPSA) is 64.6 Å². The number of hydrogen-bond donors (Lipinski definition) is 1. The third-order valence-electron chi connectivity index (χ3n) is 2.76. The number of para-hydroxylation sites is 1. The number of amides is 1. The molecule has 0 aromatic heterocycles. The second-order valence-electron chi connectivity index (χ2n) is 4.57. The third kappa shape index (κ3) is 5.31. The zero-order chi connectivity index (χ0) is 17.6. The molecule has 0 aliphatic heterocycles. The van der Waals surface area contributed by atoms with Crippen molar-refractivity contribution >= 4 is 17.9 Å². The summed E-state index contributed by atoms with van der Waals surface area (Å²) in [6.45, 7) is -0.408. The molecule has 0 saturated carbocycles. The minimum absolute atomic E-state index is 0.119. The molecule has 0 unspecified atom stereocenters. The fraction of sp³-hybridized carbons (Fsp3) is 0.125. The number of nitrogens with one attached hydrogen (secondary N) is 1. The molecule has 2 aromatic carbocycles. The summed E-state index contributed by atoms with van der Waals surface area (Å²) in [6, 6.07) is 11.2. The van der Waals surface area contributed by atoms with Crippen LogP contribution >= 0.6 is 0 Å². The molecule has 1 N–H and O–H groups in total. The Kier molecular flexibility index (Phi) is 5.41. The largest absolute Gasteiger partial charge is 0.573 e. The van der Waals surface area contributed by atoms with Gasteiger partial charge in [0.2, 0.25) is 0 Å². The first-order valence-electron chi connectivity index (χ1n) is 6.70. The van der Waals surface area contributed by atoms with Gasteiger partial charge in [0.05, 0.1) is 5.56 Å². The van der Waals surface area contributed by atoms with E-state index >= 15 is 0 Å². The molecule has 0 fully saturated rings. The van der Waals surface area contributed by atoms with Gasteiger partial charge in [-0.05, 0) is 24.3 Å². The maximum absolute atomic E-state index is 12.2. The second-order valence-corrected chi connectivity index (χ2v) is 4.57. The molecule has 0 heterocycles. The van der Waals surface area contributed by atoms with Crippen LogP contribution in [0.2, 0.25) is 0 Å². The molecule has 8 heteroatoms. The summed E-state index contributed by atoms with van der Waals surface area (Å²) in [5.74, 6) is -0.816. The molecule has 0 radical (unpaired) electrons. The van der Waals surface area contributed by atoms with Crippen LogP contribution in [0.5, 0.6) is 11.5 Å². The van der Waals surface area contributed by atoms with E-state index in [0.717, 1.165) is 12.1 Å². The van der Waals surface area contributed by atoms with Crippen molar-refractivity contribution in [1.29, 1.82) is 0 Å². The average Bonchev–Trinajstić information content (AvgIpc) is 2.52. The predicted octanol–water partition coefficient (Wildman–Crippen LogP) is 3.42. The normalized spacial score (nSPS) is 10.8. The van der Waals surface area contributed by atoms with Gasteiger partial charge in [0.25, 0.3) is 5.91 Å². The van der Waals surface area contributed by atoms with Crippen LogP contribution in [-0.2, 0) is 4.79 Å². The number of carbonyl (C=O) groups excluding carboxylic acids is 2. The Bertz CT molecular complexity index is 731. The molecule has 0 bridgehead atoms. The van der Waals surface area contributed by atoms with Gasteiger partial charge in [0.1, 0.15) is 11.5 Å². The van der Waals surface area contributed by atoms with E-state index in [0.29, 0.717) is 6.29 Å². The van der Waals surface area contributed by atoms with Crippen molar-refractivity contribution in [3.63, 3.8) is 0 Å². The maximum atomic E-state index is 12.2. The summed E-state index contributed by atoms with van der Waals surface area (Å²) in [7, 11) is 0. The first kappa shape index (κ1) is 17.3. The molecular weight excluding hydrogens is 327 g/mol. The number of halogens is 3. The quantitative estimate of drug-likeness (QED) is 0.819. The van der Waals surface area contributed by atoms with Gasteiger partial charge in [-0.1, -0.05) is 18.2 Å². The molecule has 126 valence electrons. The molecule has 5 nitrogen and oxygen atoms in total. The zero-order valence-electron chi connectivity index (χ0n) is 12.2. The second kappa shape index (κ2) is 7.49. The van der Waals surface area contributed by atoms with Crippen molar-refractivity contribution < 1.29 is 32.2 Å².